The van der Waals surface area contributed by atoms with Crippen LogP contribution in [-0.4, -0.2) is 55.0 Å². The van der Waals surface area contributed by atoms with Gasteiger partial charge in [0.15, 0.2) is 0 Å². The number of quaternary nitrogens is 1. The molecule has 0 amide bonds. The molecule has 2 unspecified atom stereocenters. The summed E-state index contributed by atoms with van der Waals surface area (Å²) < 4.78 is 5.90. The van der Waals surface area contributed by atoms with Crippen LogP contribution in [-0.2, 0) is 9.53 Å². The molecule has 1 aliphatic carbocycles. The van der Waals surface area contributed by atoms with Gasteiger partial charge in [0.2, 0.25) is 0 Å². The molecule has 0 aromatic heterocycles. The minimum Gasteiger partial charge on any atom is -1.00 e. The van der Waals surface area contributed by atoms with Gasteiger partial charge in [0.1, 0.15) is 12.1 Å². The minimum absolute atomic E-state index is 0. The van der Waals surface area contributed by atoms with Crippen LogP contribution in [0.15, 0.2) is 12.2 Å². The average Bonchev–Trinajstić information content (AvgIpc) is 2.35. The van der Waals surface area contributed by atoms with Crippen LogP contribution in [0.5, 0.6) is 0 Å². The third kappa shape index (κ3) is 6.25. The normalized spacial score (nSPS) is 23.4. The van der Waals surface area contributed by atoms with Gasteiger partial charge in [-0.3, -0.25) is 0 Å². The van der Waals surface area contributed by atoms with Gasteiger partial charge in [-0.25, -0.2) is 4.79 Å². The van der Waals surface area contributed by atoms with Crippen molar-refractivity contribution in [2.45, 2.75) is 51.2 Å². The maximum atomic E-state index is 11.2. The summed E-state index contributed by atoms with van der Waals surface area (Å²) >= 11 is 0. The smallest absolute Gasteiger partial charge is 0.330 e. The summed E-state index contributed by atoms with van der Waals surface area (Å²) in [5, 5.41) is 10.1. The number of rotatable bonds is 6. The van der Waals surface area contributed by atoms with Crippen LogP contribution in [0.4, 0.5) is 0 Å². The Bertz CT molecular complexity index is 318. The zero-order chi connectivity index (χ0) is 14.3. The van der Waals surface area contributed by atoms with Gasteiger partial charge < -0.3 is 26.7 Å². The summed E-state index contributed by atoms with van der Waals surface area (Å²) in [6.07, 6.45) is 8.12. The molecular formula is C15H28ClNO3. The molecule has 2 atom stereocenters. The quantitative estimate of drug-likeness (QED) is 0.293. The van der Waals surface area contributed by atoms with Crippen LogP contribution in [0.1, 0.15) is 39.0 Å². The first-order chi connectivity index (χ1) is 8.97. The van der Waals surface area contributed by atoms with Crippen molar-refractivity contribution < 1.29 is 31.5 Å². The van der Waals surface area contributed by atoms with E-state index in [2.05, 4.69) is 14.1 Å². The number of aliphatic hydroxyl groups excluding tert-OH is 1. The third-order valence-electron chi connectivity index (χ3n) is 4.02. The molecule has 1 saturated carbocycles. The van der Waals surface area contributed by atoms with Crippen molar-refractivity contribution in [3.8, 4) is 0 Å². The van der Waals surface area contributed by atoms with E-state index in [-0.39, 0.29) is 24.5 Å². The topological polar surface area (TPSA) is 46.5 Å². The van der Waals surface area contributed by atoms with E-state index in [4.69, 9.17) is 4.74 Å². The number of nitrogens with zero attached hydrogens (tertiary/aromatic N) is 1. The first-order valence-corrected chi connectivity index (χ1v) is 7.27. The van der Waals surface area contributed by atoms with Crippen LogP contribution < -0.4 is 12.4 Å². The molecule has 0 heterocycles. The van der Waals surface area contributed by atoms with E-state index in [9.17, 15) is 9.90 Å². The van der Waals surface area contributed by atoms with Gasteiger partial charge in [-0.1, -0.05) is 12.5 Å². The van der Waals surface area contributed by atoms with E-state index in [1.807, 2.05) is 0 Å². The number of likely N-dealkylation sites (N-methyl/N-ethyl adjacent to an activating group) is 1. The number of ether oxygens (including phenoxy) is 1. The lowest BCUT2D eigenvalue weighted by atomic mass is 9.90. The van der Waals surface area contributed by atoms with Crippen molar-refractivity contribution in [3.63, 3.8) is 0 Å². The Morgan fingerprint density at radius 2 is 2.00 bits per heavy atom. The molecule has 0 aromatic rings. The Balaban J connectivity index is 0.00000361. The second-order valence-corrected chi connectivity index (χ2v) is 5.94. The third-order valence-corrected chi connectivity index (χ3v) is 4.02. The maximum absolute atomic E-state index is 11.2. The fourth-order valence-corrected chi connectivity index (χ4v) is 2.90. The van der Waals surface area contributed by atoms with Gasteiger partial charge in [-0.15, -0.1) is 0 Å². The molecule has 0 aliphatic heterocycles. The van der Waals surface area contributed by atoms with Gasteiger partial charge in [-0.05, 0) is 19.8 Å². The molecule has 0 spiro atoms. The number of hydrogen-bond acceptors (Lipinski definition) is 3. The molecule has 1 N–H and O–H groups in total. The average molecular weight is 306 g/mol. The highest BCUT2D eigenvalue weighted by Crippen LogP contribution is 2.26. The maximum Gasteiger partial charge on any atom is 0.330 e. The number of aliphatic hydroxyl groups is 1. The van der Waals surface area contributed by atoms with Crippen molar-refractivity contribution in [3.05, 3.63) is 12.2 Å². The largest absolute Gasteiger partial charge is 1.00 e. The molecule has 118 valence electrons. The lowest BCUT2D eigenvalue weighted by Crippen LogP contribution is -3.00. The van der Waals surface area contributed by atoms with E-state index >= 15 is 0 Å². The zero-order valence-electron chi connectivity index (χ0n) is 12.8. The highest BCUT2D eigenvalue weighted by Gasteiger charge is 2.35. The van der Waals surface area contributed by atoms with E-state index < -0.39 is 0 Å². The van der Waals surface area contributed by atoms with Crippen molar-refractivity contribution in [2.24, 2.45) is 0 Å². The molecule has 0 aromatic carbocycles. The Labute approximate surface area is 128 Å². The second kappa shape index (κ2) is 9.37. The lowest BCUT2D eigenvalue weighted by Gasteiger charge is -2.42. The number of carbonyl (C=O) groups is 1. The Hall–Kier alpha value is -0.580. The standard InChI is InChI=1S/C15H28NO3.ClH/c1-4-8-15(18)19-12-7-11-16(2,3)13-9-5-6-10-14(13)17;/h4,8,13-14,17H,5-7,9-12H2,1-3H3;1H/q+1;/p-1. The van der Waals surface area contributed by atoms with Crippen LogP contribution in [0.2, 0.25) is 0 Å². The van der Waals surface area contributed by atoms with Crippen LogP contribution in [0.3, 0.4) is 0 Å². The van der Waals surface area contributed by atoms with Gasteiger partial charge in [0.05, 0.1) is 27.2 Å². The van der Waals surface area contributed by atoms with Gasteiger partial charge in [-0.2, -0.15) is 0 Å². The minimum atomic E-state index is -0.273. The van der Waals surface area contributed by atoms with E-state index in [0.29, 0.717) is 12.6 Å². The van der Waals surface area contributed by atoms with Crippen LogP contribution in [0, 0.1) is 0 Å². The van der Waals surface area contributed by atoms with Gasteiger partial charge in [0, 0.05) is 18.9 Å². The fraction of sp³-hybridized carbons (Fsp3) is 0.800. The number of esters is 1. The van der Waals surface area contributed by atoms with Crippen molar-refractivity contribution in [2.75, 3.05) is 27.2 Å². The summed E-state index contributed by atoms with van der Waals surface area (Å²) in [5.41, 5.74) is 0. The van der Waals surface area contributed by atoms with Gasteiger partial charge in [0.25, 0.3) is 0 Å². The molecule has 4 nitrogen and oxygen atoms in total. The summed E-state index contributed by atoms with van der Waals surface area (Å²) in [5.74, 6) is -0.273. The van der Waals surface area contributed by atoms with Crippen LogP contribution >= 0.6 is 0 Å². The van der Waals surface area contributed by atoms with Crippen molar-refractivity contribution in [1.82, 2.24) is 0 Å². The number of allylic oxidation sites excluding steroid dienone is 1. The Morgan fingerprint density at radius 3 is 2.60 bits per heavy atom. The number of carbonyl (C=O) groups excluding carboxylic acids is 1. The molecule has 1 rings (SSSR count). The van der Waals surface area contributed by atoms with Crippen molar-refractivity contribution >= 4 is 5.97 Å². The lowest BCUT2D eigenvalue weighted by molar-refractivity contribution is -0.920. The molecule has 1 aliphatic rings. The fourth-order valence-electron chi connectivity index (χ4n) is 2.90. The molecular weight excluding hydrogens is 278 g/mol. The number of halogens is 1. The Kier molecular flexibility index (Phi) is 9.10. The van der Waals surface area contributed by atoms with Crippen molar-refractivity contribution in [1.29, 1.82) is 0 Å². The van der Waals surface area contributed by atoms with Crippen LogP contribution in [0.25, 0.3) is 0 Å². The monoisotopic (exact) mass is 305 g/mol. The zero-order valence-corrected chi connectivity index (χ0v) is 13.6. The first-order valence-electron chi connectivity index (χ1n) is 7.27. The molecule has 5 heteroatoms. The highest BCUT2D eigenvalue weighted by atomic mass is 35.5. The van der Waals surface area contributed by atoms with E-state index in [1.165, 1.54) is 12.5 Å². The summed E-state index contributed by atoms with van der Waals surface area (Å²) in [6, 6.07) is 0.319. The number of hydrogen-bond donors (Lipinski definition) is 1. The summed E-state index contributed by atoms with van der Waals surface area (Å²) in [6.45, 7) is 3.17. The summed E-state index contributed by atoms with van der Waals surface area (Å²) in [7, 11) is 4.32. The van der Waals surface area contributed by atoms with E-state index in [1.54, 1.807) is 13.0 Å². The summed E-state index contributed by atoms with van der Waals surface area (Å²) in [4.78, 5) is 11.2. The SMILES string of the molecule is CC=CC(=O)OCCC[N+](C)(C)C1CCCCC1O.[Cl-]. The predicted octanol–water partition coefficient (Wildman–Crippen LogP) is -1.12. The molecule has 20 heavy (non-hydrogen) atoms. The van der Waals surface area contributed by atoms with Gasteiger partial charge >= 0.3 is 5.97 Å². The highest BCUT2D eigenvalue weighted by molar-refractivity contribution is 5.81. The first kappa shape index (κ1) is 19.4. The Morgan fingerprint density at radius 1 is 1.35 bits per heavy atom. The predicted molar refractivity (Wildman–Crippen MR) is 75.6 cm³/mol. The molecule has 1 fully saturated rings. The van der Waals surface area contributed by atoms with E-state index in [0.717, 1.165) is 36.7 Å². The molecule has 0 saturated heterocycles. The molecule has 0 bridgehead atoms. The second-order valence-electron chi connectivity index (χ2n) is 5.94. The molecule has 0 radical (unpaired) electrons.